The number of rotatable bonds is 5. The average molecular weight is 431 g/mol. The van der Waals surface area contributed by atoms with E-state index in [9.17, 15) is 13.2 Å². The number of hydrogen-bond donors (Lipinski definition) is 0. The van der Waals surface area contributed by atoms with Gasteiger partial charge < -0.3 is 4.90 Å². The van der Waals surface area contributed by atoms with Crippen LogP contribution in [0.15, 0.2) is 53.4 Å². The summed E-state index contributed by atoms with van der Waals surface area (Å²) in [5.41, 5.74) is 2.02. The highest BCUT2D eigenvalue weighted by atomic mass is 32.2. The molecule has 4 rings (SSSR count). The van der Waals surface area contributed by atoms with Crippen molar-refractivity contribution in [3.05, 3.63) is 54.1 Å². The van der Waals surface area contributed by atoms with Crippen molar-refractivity contribution < 1.29 is 13.2 Å². The highest BCUT2D eigenvalue weighted by Crippen LogP contribution is 2.28. The first kappa shape index (κ1) is 19.9. The summed E-state index contributed by atoms with van der Waals surface area (Å²) in [7, 11) is -1.97. The minimum Gasteiger partial charge on any atom is -0.341 e. The maximum atomic E-state index is 13.3. The van der Waals surface area contributed by atoms with Gasteiger partial charge in [0.15, 0.2) is 0 Å². The highest BCUT2D eigenvalue weighted by molar-refractivity contribution is 7.89. The van der Waals surface area contributed by atoms with Crippen LogP contribution < -0.4 is 0 Å². The van der Waals surface area contributed by atoms with Crippen LogP contribution in [0.3, 0.4) is 0 Å². The Morgan fingerprint density at radius 1 is 1.17 bits per heavy atom. The summed E-state index contributed by atoms with van der Waals surface area (Å²) in [4.78, 5) is 14.8. The SMILES string of the molecule is CN(Cc1ccccc1)C(=O)[C@H]1CCCN(S(=O)(=O)c2cccc3nsnc23)C1. The summed E-state index contributed by atoms with van der Waals surface area (Å²) in [6.45, 7) is 1.10. The molecule has 0 saturated carbocycles. The van der Waals surface area contributed by atoms with E-state index in [4.69, 9.17) is 0 Å². The van der Waals surface area contributed by atoms with Crippen LogP contribution in [-0.4, -0.2) is 52.4 Å². The summed E-state index contributed by atoms with van der Waals surface area (Å²) in [6, 6.07) is 14.8. The Hall–Kier alpha value is -2.36. The lowest BCUT2D eigenvalue weighted by molar-refractivity contribution is -0.135. The number of sulfonamides is 1. The van der Waals surface area contributed by atoms with Crippen molar-refractivity contribution in [3.63, 3.8) is 0 Å². The van der Waals surface area contributed by atoms with Gasteiger partial charge in [-0.05, 0) is 30.5 Å². The molecule has 1 aromatic heterocycles. The number of carbonyl (C=O) groups excluding carboxylic acids is 1. The number of benzene rings is 2. The van der Waals surface area contributed by atoms with E-state index in [0.29, 0.717) is 37.0 Å². The number of fused-ring (bicyclic) bond motifs is 1. The van der Waals surface area contributed by atoms with E-state index < -0.39 is 10.0 Å². The standard InChI is InChI=1S/C20H22N4O3S2/c1-23(13-15-7-3-2-4-8-15)20(25)16-9-6-12-24(14-16)29(26,27)18-11-5-10-17-19(18)22-28-21-17/h2-5,7-8,10-11,16H,6,9,12-14H2,1H3/t16-/m0/s1. The Balaban J connectivity index is 1.52. The van der Waals surface area contributed by atoms with Gasteiger partial charge in [-0.1, -0.05) is 36.4 Å². The molecule has 2 heterocycles. The van der Waals surface area contributed by atoms with Crippen LogP contribution in [0.25, 0.3) is 11.0 Å². The van der Waals surface area contributed by atoms with Gasteiger partial charge in [0.25, 0.3) is 0 Å². The molecule has 0 unspecified atom stereocenters. The van der Waals surface area contributed by atoms with Gasteiger partial charge in [-0.15, -0.1) is 0 Å². The van der Waals surface area contributed by atoms with Crippen LogP contribution in [0.2, 0.25) is 0 Å². The van der Waals surface area contributed by atoms with Gasteiger partial charge in [-0.2, -0.15) is 13.1 Å². The molecule has 1 fully saturated rings. The molecule has 0 bridgehead atoms. The van der Waals surface area contributed by atoms with Gasteiger partial charge in [0.05, 0.1) is 17.6 Å². The van der Waals surface area contributed by atoms with Crippen molar-refractivity contribution >= 4 is 38.7 Å². The molecule has 0 N–H and O–H groups in total. The second-order valence-electron chi connectivity index (χ2n) is 7.27. The Bertz CT molecular complexity index is 1110. The van der Waals surface area contributed by atoms with Crippen LogP contribution in [0.1, 0.15) is 18.4 Å². The van der Waals surface area contributed by atoms with Crippen molar-refractivity contribution in [2.45, 2.75) is 24.3 Å². The molecule has 1 atom stereocenters. The van der Waals surface area contributed by atoms with Crippen LogP contribution in [-0.2, 0) is 21.4 Å². The van der Waals surface area contributed by atoms with Crippen LogP contribution >= 0.6 is 11.7 Å². The minimum absolute atomic E-state index is 0.0257. The zero-order valence-corrected chi connectivity index (χ0v) is 17.7. The smallest absolute Gasteiger partial charge is 0.245 e. The minimum atomic E-state index is -3.74. The summed E-state index contributed by atoms with van der Waals surface area (Å²) < 4.78 is 36.2. The number of carbonyl (C=O) groups is 1. The van der Waals surface area contributed by atoms with Gasteiger partial charge in [0.1, 0.15) is 15.9 Å². The van der Waals surface area contributed by atoms with Crippen molar-refractivity contribution in [2.75, 3.05) is 20.1 Å². The fourth-order valence-corrected chi connectivity index (χ4v) is 6.01. The van der Waals surface area contributed by atoms with E-state index in [2.05, 4.69) is 8.75 Å². The molecular weight excluding hydrogens is 408 g/mol. The molecule has 1 amide bonds. The Morgan fingerprint density at radius 2 is 1.97 bits per heavy atom. The maximum Gasteiger partial charge on any atom is 0.245 e. The van der Waals surface area contributed by atoms with Gasteiger partial charge in [-0.3, -0.25) is 4.79 Å². The number of aromatic nitrogens is 2. The molecular formula is C20H22N4O3S2. The molecule has 1 saturated heterocycles. The van der Waals surface area contributed by atoms with E-state index in [0.717, 1.165) is 17.3 Å². The molecule has 1 aliphatic rings. The third kappa shape index (κ3) is 4.03. The molecule has 0 aliphatic carbocycles. The average Bonchev–Trinajstić information content (AvgIpc) is 3.23. The van der Waals surface area contributed by atoms with E-state index in [1.807, 2.05) is 30.3 Å². The first-order valence-corrected chi connectivity index (χ1v) is 11.6. The van der Waals surface area contributed by atoms with Gasteiger partial charge in [0, 0.05) is 26.7 Å². The second-order valence-corrected chi connectivity index (χ2v) is 9.71. The van der Waals surface area contributed by atoms with E-state index in [1.54, 1.807) is 30.1 Å². The maximum absolute atomic E-state index is 13.3. The zero-order chi connectivity index (χ0) is 20.4. The number of amides is 1. The first-order chi connectivity index (χ1) is 14.0. The normalized spacial score (nSPS) is 18.0. The lowest BCUT2D eigenvalue weighted by atomic mass is 9.98. The van der Waals surface area contributed by atoms with Gasteiger partial charge >= 0.3 is 0 Å². The predicted octanol–water partition coefficient (Wildman–Crippen LogP) is 2.75. The largest absolute Gasteiger partial charge is 0.341 e. The van der Waals surface area contributed by atoms with Crippen LogP contribution in [0.4, 0.5) is 0 Å². The fourth-order valence-electron chi connectivity index (χ4n) is 3.74. The number of nitrogens with zero attached hydrogens (tertiary/aromatic N) is 4. The van der Waals surface area contributed by atoms with Gasteiger partial charge in [0.2, 0.25) is 15.9 Å². The third-order valence-corrected chi connectivity index (χ3v) is 7.68. The molecule has 29 heavy (non-hydrogen) atoms. The molecule has 9 heteroatoms. The molecule has 0 spiro atoms. The zero-order valence-electron chi connectivity index (χ0n) is 16.1. The van der Waals surface area contributed by atoms with Crippen molar-refractivity contribution in [1.82, 2.24) is 18.0 Å². The van der Waals surface area contributed by atoms with E-state index >= 15 is 0 Å². The highest BCUT2D eigenvalue weighted by Gasteiger charge is 2.35. The fraction of sp³-hybridized carbons (Fsp3) is 0.350. The monoisotopic (exact) mass is 430 g/mol. The molecule has 2 aromatic carbocycles. The Kier molecular flexibility index (Phi) is 5.62. The van der Waals surface area contributed by atoms with Crippen LogP contribution in [0, 0.1) is 5.92 Å². The summed E-state index contributed by atoms with van der Waals surface area (Å²) in [5.74, 6) is -0.373. The van der Waals surface area contributed by atoms with Crippen molar-refractivity contribution in [3.8, 4) is 0 Å². The molecule has 0 radical (unpaired) electrons. The summed E-state index contributed by atoms with van der Waals surface area (Å²) >= 11 is 0.996. The number of hydrogen-bond acceptors (Lipinski definition) is 6. The third-order valence-electron chi connectivity index (χ3n) is 5.24. The lowest BCUT2D eigenvalue weighted by Gasteiger charge is -2.33. The molecule has 1 aliphatic heterocycles. The second kappa shape index (κ2) is 8.17. The topological polar surface area (TPSA) is 83.5 Å². The predicted molar refractivity (Wildman–Crippen MR) is 112 cm³/mol. The lowest BCUT2D eigenvalue weighted by Crippen LogP contribution is -2.45. The molecule has 3 aromatic rings. The Labute approximate surface area is 174 Å². The molecule has 152 valence electrons. The summed E-state index contributed by atoms with van der Waals surface area (Å²) in [6.07, 6.45) is 1.34. The summed E-state index contributed by atoms with van der Waals surface area (Å²) in [5, 5.41) is 0. The molecule has 7 nitrogen and oxygen atoms in total. The van der Waals surface area contributed by atoms with E-state index in [1.165, 1.54) is 4.31 Å². The Morgan fingerprint density at radius 3 is 2.76 bits per heavy atom. The quantitative estimate of drug-likeness (QED) is 0.622. The number of piperidine rings is 1. The van der Waals surface area contributed by atoms with Gasteiger partial charge in [-0.25, -0.2) is 8.42 Å². The van der Waals surface area contributed by atoms with Crippen molar-refractivity contribution in [2.24, 2.45) is 5.92 Å². The van der Waals surface area contributed by atoms with E-state index in [-0.39, 0.29) is 23.3 Å². The van der Waals surface area contributed by atoms with Crippen LogP contribution in [0.5, 0.6) is 0 Å². The van der Waals surface area contributed by atoms with Crippen molar-refractivity contribution in [1.29, 1.82) is 0 Å². The first-order valence-electron chi connectivity index (χ1n) is 9.47.